The van der Waals surface area contributed by atoms with Crippen LogP contribution in [0, 0.1) is 4.77 Å². The first-order valence-electron chi connectivity index (χ1n) is 11.4. The highest BCUT2D eigenvalue weighted by atomic mass is 32.1. The molecule has 2 aromatic rings. The number of amides is 1. The smallest absolute Gasteiger partial charge is 0.262 e. The van der Waals surface area contributed by atoms with E-state index in [9.17, 15) is 9.59 Å². The number of nitrogens with zero attached hydrogens (tertiary/aromatic N) is 1. The molecule has 0 atom stereocenters. The molecular weight excluding hydrogens is 394 g/mol. The van der Waals surface area contributed by atoms with E-state index in [1.165, 1.54) is 44.1 Å². The predicted octanol–water partition coefficient (Wildman–Crippen LogP) is 5.40. The van der Waals surface area contributed by atoms with Gasteiger partial charge in [-0.2, -0.15) is 0 Å². The van der Waals surface area contributed by atoms with E-state index in [2.05, 4.69) is 16.4 Å². The molecule has 1 amide bonds. The second-order valence-electron chi connectivity index (χ2n) is 8.67. The molecule has 1 saturated carbocycles. The average molecular weight is 426 g/mol. The van der Waals surface area contributed by atoms with Crippen molar-refractivity contribution in [1.29, 1.82) is 0 Å². The van der Waals surface area contributed by atoms with Crippen molar-refractivity contribution in [3.63, 3.8) is 0 Å². The van der Waals surface area contributed by atoms with Gasteiger partial charge >= 0.3 is 0 Å². The molecule has 4 rings (SSSR count). The summed E-state index contributed by atoms with van der Waals surface area (Å²) in [6, 6.07) is 5.51. The van der Waals surface area contributed by atoms with Gasteiger partial charge in [0.25, 0.3) is 11.5 Å². The summed E-state index contributed by atoms with van der Waals surface area (Å²) >= 11 is 5.48. The molecule has 1 aromatic heterocycles. The van der Waals surface area contributed by atoms with E-state index >= 15 is 0 Å². The van der Waals surface area contributed by atoms with Gasteiger partial charge in [0.2, 0.25) is 0 Å². The fraction of sp³-hybridized carbons (Fsp3) is 0.542. The Kier molecular flexibility index (Phi) is 6.82. The highest BCUT2D eigenvalue weighted by Gasteiger charge is 2.17. The van der Waals surface area contributed by atoms with Crippen molar-refractivity contribution < 1.29 is 4.79 Å². The molecule has 2 aliphatic rings. The lowest BCUT2D eigenvalue weighted by molar-refractivity contribution is 0.0933. The number of rotatable bonds is 5. The van der Waals surface area contributed by atoms with Crippen molar-refractivity contribution in [3.05, 3.63) is 50.5 Å². The third kappa shape index (κ3) is 4.91. The molecule has 0 aliphatic heterocycles. The first-order valence-corrected chi connectivity index (χ1v) is 11.8. The number of hydrogen-bond acceptors (Lipinski definition) is 3. The zero-order chi connectivity index (χ0) is 20.9. The summed E-state index contributed by atoms with van der Waals surface area (Å²) in [7, 11) is 0. The highest BCUT2D eigenvalue weighted by Crippen LogP contribution is 2.21. The number of aromatic nitrogens is 2. The summed E-state index contributed by atoms with van der Waals surface area (Å²) in [5.41, 5.74) is 2.54. The van der Waals surface area contributed by atoms with Crippen molar-refractivity contribution in [2.45, 2.75) is 83.2 Å². The molecule has 1 aromatic carbocycles. The van der Waals surface area contributed by atoms with Crippen molar-refractivity contribution >= 4 is 29.0 Å². The maximum absolute atomic E-state index is 13.0. The quantitative estimate of drug-likeness (QED) is 0.383. The third-order valence-corrected chi connectivity index (χ3v) is 6.80. The summed E-state index contributed by atoms with van der Waals surface area (Å²) in [6.45, 7) is 0.597. The van der Waals surface area contributed by atoms with Gasteiger partial charge < -0.3 is 10.3 Å². The Labute approximate surface area is 182 Å². The van der Waals surface area contributed by atoms with Gasteiger partial charge in [-0.3, -0.25) is 14.2 Å². The molecule has 30 heavy (non-hydrogen) atoms. The number of aromatic amines is 1. The lowest BCUT2D eigenvalue weighted by Gasteiger charge is -2.16. The molecule has 0 spiro atoms. The van der Waals surface area contributed by atoms with Crippen molar-refractivity contribution in [2.24, 2.45) is 0 Å². The maximum atomic E-state index is 13.0. The van der Waals surface area contributed by atoms with Crippen LogP contribution in [0.2, 0.25) is 0 Å². The van der Waals surface area contributed by atoms with Crippen molar-refractivity contribution in [2.75, 3.05) is 0 Å². The van der Waals surface area contributed by atoms with E-state index in [1.807, 2.05) is 0 Å². The number of fused-ring (bicyclic) bond motifs is 1. The van der Waals surface area contributed by atoms with Crippen LogP contribution in [-0.4, -0.2) is 21.5 Å². The van der Waals surface area contributed by atoms with Crippen LogP contribution >= 0.6 is 12.2 Å². The van der Waals surface area contributed by atoms with Crippen LogP contribution in [0.25, 0.3) is 10.9 Å². The minimum Gasteiger partial charge on any atom is -0.349 e. The number of nitrogens with one attached hydrogen (secondary N) is 2. The Morgan fingerprint density at radius 3 is 2.67 bits per heavy atom. The monoisotopic (exact) mass is 425 g/mol. The first kappa shape index (κ1) is 21.0. The third-order valence-electron chi connectivity index (χ3n) is 6.48. The molecular formula is C24H31N3O2S. The molecule has 1 heterocycles. The van der Waals surface area contributed by atoms with E-state index in [4.69, 9.17) is 12.2 Å². The maximum Gasteiger partial charge on any atom is 0.262 e. The first-order chi connectivity index (χ1) is 14.6. The zero-order valence-electron chi connectivity index (χ0n) is 17.5. The number of hydrogen-bond donors (Lipinski definition) is 2. The van der Waals surface area contributed by atoms with Gasteiger partial charge in [0, 0.05) is 18.2 Å². The zero-order valence-corrected chi connectivity index (χ0v) is 18.4. The van der Waals surface area contributed by atoms with E-state index in [-0.39, 0.29) is 17.5 Å². The topological polar surface area (TPSA) is 66.9 Å². The Morgan fingerprint density at radius 1 is 1.13 bits per heavy atom. The van der Waals surface area contributed by atoms with Gasteiger partial charge in [-0.1, -0.05) is 37.3 Å². The van der Waals surface area contributed by atoms with Crippen LogP contribution in [0.15, 0.2) is 34.6 Å². The molecule has 0 radical (unpaired) electrons. The number of allylic oxidation sites excluding steroid dienone is 2. The molecule has 6 heteroatoms. The summed E-state index contributed by atoms with van der Waals surface area (Å²) in [5.74, 6) is -0.0727. The van der Waals surface area contributed by atoms with Gasteiger partial charge in [-0.15, -0.1) is 0 Å². The van der Waals surface area contributed by atoms with Crippen LogP contribution < -0.4 is 10.9 Å². The molecule has 160 valence electrons. The Hall–Kier alpha value is -2.21. The van der Waals surface area contributed by atoms with Crippen LogP contribution in [0.5, 0.6) is 0 Å². The Balaban J connectivity index is 1.53. The van der Waals surface area contributed by atoms with Gasteiger partial charge in [0.1, 0.15) is 0 Å². The van der Waals surface area contributed by atoms with Crippen LogP contribution in [-0.2, 0) is 6.54 Å². The number of carbonyl (C=O) groups is 1. The van der Waals surface area contributed by atoms with Crippen LogP contribution in [0.1, 0.15) is 81.0 Å². The summed E-state index contributed by atoms with van der Waals surface area (Å²) in [6.07, 6.45) is 14.9. The molecule has 0 bridgehead atoms. The Bertz CT molecular complexity index is 1060. The minimum absolute atomic E-state index is 0.0727. The summed E-state index contributed by atoms with van der Waals surface area (Å²) in [5, 5.41) is 3.74. The number of H-pyrrole nitrogens is 1. The SMILES string of the molecule is O=C(NC1CCCCCC1)c1ccc2c(=O)n(CCC3=CCCCC3)c(=S)[nH]c2c1. The normalized spacial score (nSPS) is 18.1. The fourth-order valence-corrected chi connectivity index (χ4v) is 4.96. The lowest BCUT2D eigenvalue weighted by atomic mass is 9.97. The van der Waals surface area contributed by atoms with Gasteiger partial charge in [0.15, 0.2) is 4.77 Å². The molecule has 1 fully saturated rings. The van der Waals surface area contributed by atoms with E-state index < -0.39 is 0 Å². The number of benzene rings is 1. The second kappa shape index (κ2) is 9.73. The standard InChI is InChI=1S/C24H31N3O2S/c28-22(25-19-10-6-1-2-7-11-19)18-12-13-20-21(16-18)26-24(30)27(23(20)29)15-14-17-8-4-3-5-9-17/h8,12-13,16,19H,1-7,9-11,14-15H2,(H,25,28)(H,26,30). The molecule has 0 unspecified atom stereocenters. The molecule has 5 nitrogen and oxygen atoms in total. The summed E-state index contributed by atoms with van der Waals surface area (Å²) < 4.78 is 2.07. The van der Waals surface area contributed by atoms with Crippen molar-refractivity contribution in [3.8, 4) is 0 Å². The van der Waals surface area contributed by atoms with E-state index in [0.29, 0.717) is 27.8 Å². The van der Waals surface area contributed by atoms with Gasteiger partial charge in [0.05, 0.1) is 10.9 Å². The number of carbonyl (C=O) groups excluding carboxylic acids is 1. The predicted molar refractivity (Wildman–Crippen MR) is 124 cm³/mol. The molecule has 2 N–H and O–H groups in total. The van der Waals surface area contributed by atoms with Gasteiger partial charge in [-0.05, 0) is 75.4 Å². The van der Waals surface area contributed by atoms with Crippen LogP contribution in [0.3, 0.4) is 0 Å². The fourth-order valence-electron chi connectivity index (χ4n) is 4.68. The van der Waals surface area contributed by atoms with Crippen molar-refractivity contribution in [1.82, 2.24) is 14.9 Å². The van der Waals surface area contributed by atoms with Crippen LogP contribution in [0.4, 0.5) is 0 Å². The van der Waals surface area contributed by atoms with E-state index in [1.54, 1.807) is 22.8 Å². The van der Waals surface area contributed by atoms with Gasteiger partial charge in [-0.25, -0.2) is 0 Å². The van der Waals surface area contributed by atoms with E-state index in [0.717, 1.165) is 32.1 Å². The highest BCUT2D eigenvalue weighted by molar-refractivity contribution is 7.71. The average Bonchev–Trinajstić information content (AvgIpc) is 3.02. The molecule has 0 saturated heterocycles. The largest absolute Gasteiger partial charge is 0.349 e. The lowest BCUT2D eigenvalue weighted by Crippen LogP contribution is -2.34. The minimum atomic E-state index is -0.0825. The Morgan fingerprint density at radius 2 is 1.93 bits per heavy atom. The second-order valence-corrected chi connectivity index (χ2v) is 9.05. The molecule has 2 aliphatic carbocycles. The summed E-state index contributed by atoms with van der Waals surface area (Å²) in [4.78, 5) is 28.9.